The largest absolute Gasteiger partial charge is 0.480 e. The third-order valence-electron chi connectivity index (χ3n) is 2.40. The maximum Gasteiger partial charge on any atom is 0.236 e. The third kappa shape index (κ3) is 1.48. The number of ether oxygens (including phenoxy) is 1. The summed E-state index contributed by atoms with van der Waals surface area (Å²) in [6, 6.07) is 0. The Labute approximate surface area is 82.1 Å². The number of rotatable bonds is 1. The summed E-state index contributed by atoms with van der Waals surface area (Å²) < 4.78 is 5.14. The van der Waals surface area contributed by atoms with E-state index in [4.69, 9.17) is 16.3 Å². The van der Waals surface area contributed by atoms with Crippen LogP contribution in [0.2, 0.25) is 5.15 Å². The number of fused-ring (bicyclic) bond motifs is 1. The summed E-state index contributed by atoms with van der Waals surface area (Å²) in [4.78, 5) is 0. The fourth-order valence-corrected chi connectivity index (χ4v) is 1.99. The van der Waals surface area contributed by atoms with Gasteiger partial charge in [-0.25, -0.2) is 0 Å². The van der Waals surface area contributed by atoms with Gasteiger partial charge in [0.05, 0.1) is 7.11 Å². The Hall–Kier alpha value is -0.830. The van der Waals surface area contributed by atoms with Crippen molar-refractivity contribution in [2.45, 2.75) is 25.7 Å². The molecule has 1 aromatic heterocycles. The molecule has 0 amide bonds. The van der Waals surface area contributed by atoms with Crippen molar-refractivity contribution in [2.75, 3.05) is 7.11 Å². The molecule has 0 saturated heterocycles. The summed E-state index contributed by atoms with van der Waals surface area (Å²) in [5.41, 5.74) is 2.27. The summed E-state index contributed by atoms with van der Waals surface area (Å²) in [6.07, 6.45) is 4.38. The number of nitrogens with zero attached hydrogens (tertiary/aromatic N) is 2. The highest BCUT2D eigenvalue weighted by atomic mass is 35.5. The number of hydrogen-bond acceptors (Lipinski definition) is 3. The van der Waals surface area contributed by atoms with Crippen LogP contribution in [0, 0.1) is 0 Å². The van der Waals surface area contributed by atoms with Crippen LogP contribution in [0.15, 0.2) is 0 Å². The average Bonchev–Trinajstić information content (AvgIpc) is 2.19. The zero-order chi connectivity index (χ0) is 9.26. The van der Waals surface area contributed by atoms with Crippen LogP contribution in [-0.4, -0.2) is 17.3 Å². The van der Waals surface area contributed by atoms with Gasteiger partial charge < -0.3 is 4.74 Å². The van der Waals surface area contributed by atoms with E-state index >= 15 is 0 Å². The third-order valence-corrected chi connectivity index (χ3v) is 2.70. The molecule has 2 rings (SSSR count). The SMILES string of the molecule is COc1nnc(Cl)c2c1CCCC2. The van der Waals surface area contributed by atoms with Gasteiger partial charge in [0, 0.05) is 5.56 Å². The first-order chi connectivity index (χ1) is 6.33. The molecule has 0 atom stereocenters. The van der Waals surface area contributed by atoms with E-state index < -0.39 is 0 Å². The molecule has 1 aliphatic rings. The molecule has 3 nitrogen and oxygen atoms in total. The van der Waals surface area contributed by atoms with Gasteiger partial charge in [0.1, 0.15) is 0 Å². The Bertz CT molecular complexity index is 328. The molecule has 0 spiro atoms. The minimum atomic E-state index is 0.538. The molecule has 0 unspecified atom stereocenters. The van der Waals surface area contributed by atoms with Crippen molar-refractivity contribution in [1.82, 2.24) is 10.2 Å². The fraction of sp³-hybridized carbons (Fsp3) is 0.556. The van der Waals surface area contributed by atoms with Crippen LogP contribution in [0.3, 0.4) is 0 Å². The van der Waals surface area contributed by atoms with Gasteiger partial charge in [-0.3, -0.25) is 0 Å². The summed E-state index contributed by atoms with van der Waals surface area (Å²) >= 11 is 5.94. The van der Waals surface area contributed by atoms with Crippen molar-refractivity contribution >= 4 is 11.6 Å². The molecule has 0 aromatic carbocycles. The molecule has 0 aliphatic heterocycles. The molecule has 4 heteroatoms. The van der Waals surface area contributed by atoms with Crippen molar-refractivity contribution in [3.05, 3.63) is 16.3 Å². The molecular formula is C9H11ClN2O. The monoisotopic (exact) mass is 198 g/mol. The molecule has 0 saturated carbocycles. The van der Waals surface area contributed by atoms with E-state index in [0.29, 0.717) is 11.0 Å². The van der Waals surface area contributed by atoms with Crippen molar-refractivity contribution in [2.24, 2.45) is 0 Å². The van der Waals surface area contributed by atoms with E-state index in [0.717, 1.165) is 24.0 Å². The summed E-state index contributed by atoms with van der Waals surface area (Å²) in [5.74, 6) is 0.638. The van der Waals surface area contributed by atoms with E-state index in [-0.39, 0.29) is 0 Å². The number of methoxy groups -OCH3 is 1. The van der Waals surface area contributed by atoms with Crippen molar-refractivity contribution in [3.8, 4) is 5.88 Å². The zero-order valence-electron chi connectivity index (χ0n) is 7.51. The summed E-state index contributed by atoms with van der Waals surface area (Å²) in [7, 11) is 1.62. The molecule has 0 bridgehead atoms. The maximum atomic E-state index is 5.94. The molecule has 1 heterocycles. The van der Waals surface area contributed by atoms with E-state index in [1.807, 2.05) is 0 Å². The van der Waals surface area contributed by atoms with Gasteiger partial charge >= 0.3 is 0 Å². The van der Waals surface area contributed by atoms with Gasteiger partial charge in [-0.2, -0.15) is 0 Å². The minimum Gasteiger partial charge on any atom is -0.480 e. The summed E-state index contributed by atoms with van der Waals surface area (Å²) in [6.45, 7) is 0. The zero-order valence-corrected chi connectivity index (χ0v) is 8.26. The highest BCUT2D eigenvalue weighted by Crippen LogP contribution is 2.30. The Morgan fingerprint density at radius 1 is 1.15 bits per heavy atom. The molecule has 0 fully saturated rings. The summed E-state index contributed by atoms with van der Waals surface area (Å²) in [5, 5.41) is 8.30. The highest BCUT2D eigenvalue weighted by molar-refractivity contribution is 6.30. The standard InChI is InChI=1S/C9H11ClN2O/c1-13-9-7-5-3-2-4-6(7)8(10)11-12-9/h2-5H2,1H3. The molecule has 1 aromatic rings. The number of aromatic nitrogens is 2. The Morgan fingerprint density at radius 3 is 2.54 bits per heavy atom. The van der Waals surface area contributed by atoms with E-state index in [1.54, 1.807) is 7.11 Å². The first kappa shape index (κ1) is 8.75. The normalized spacial score (nSPS) is 15.2. The van der Waals surface area contributed by atoms with Gasteiger partial charge in [0.15, 0.2) is 5.15 Å². The lowest BCUT2D eigenvalue weighted by Crippen LogP contribution is -2.08. The quantitative estimate of drug-likeness (QED) is 0.693. The highest BCUT2D eigenvalue weighted by Gasteiger charge is 2.18. The molecule has 0 N–H and O–H groups in total. The van der Waals surface area contributed by atoms with Crippen molar-refractivity contribution < 1.29 is 4.74 Å². The van der Waals surface area contributed by atoms with Crippen LogP contribution in [-0.2, 0) is 12.8 Å². The second kappa shape index (κ2) is 3.50. The first-order valence-electron chi connectivity index (χ1n) is 4.41. The lowest BCUT2D eigenvalue weighted by molar-refractivity contribution is 0.382. The first-order valence-corrected chi connectivity index (χ1v) is 4.78. The molecule has 0 radical (unpaired) electrons. The number of halogens is 1. The van der Waals surface area contributed by atoms with Gasteiger partial charge in [0.2, 0.25) is 5.88 Å². The lowest BCUT2D eigenvalue weighted by atomic mass is 9.94. The molecule has 1 aliphatic carbocycles. The molecular weight excluding hydrogens is 188 g/mol. The minimum absolute atomic E-state index is 0.538. The van der Waals surface area contributed by atoms with Gasteiger partial charge in [-0.15, -0.1) is 10.2 Å². The van der Waals surface area contributed by atoms with E-state index in [1.165, 1.54) is 12.8 Å². The second-order valence-electron chi connectivity index (χ2n) is 3.16. The van der Waals surface area contributed by atoms with Crippen molar-refractivity contribution in [3.63, 3.8) is 0 Å². The van der Waals surface area contributed by atoms with Gasteiger partial charge in [-0.05, 0) is 31.2 Å². The van der Waals surface area contributed by atoms with Crippen LogP contribution in [0.5, 0.6) is 5.88 Å². The Morgan fingerprint density at radius 2 is 1.85 bits per heavy atom. The predicted octanol–water partition coefficient (Wildman–Crippen LogP) is 2.02. The van der Waals surface area contributed by atoms with Crippen molar-refractivity contribution in [1.29, 1.82) is 0 Å². The lowest BCUT2D eigenvalue weighted by Gasteiger charge is -2.17. The van der Waals surface area contributed by atoms with Crippen LogP contribution >= 0.6 is 11.6 Å². The van der Waals surface area contributed by atoms with Crippen LogP contribution in [0.4, 0.5) is 0 Å². The predicted molar refractivity (Wildman–Crippen MR) is 50.2 cm³/mol. The smallest absolute Gasteiger partial charge is 0.236 e. The maximum absolute atomic E-state index is 5.94. The number of hydrogen-bond donors (Lipinski definition) is 0. The average molecular weight is 199 g/mol. The Kier molecular flexibility index (Phi) is 2.36. The topological polar surface area (TPSA) is 35.0 Å². The molecule has 13 heavy (non-hydrogen) atoms. The van der Waals surface area contributed by atoms with E-state index in [9.17, 15) is 0 Å². The van der Waals surface area contributed by atoms with Crippen LogP contribution < -0.4 is 4.74 Å². The molecule has 70 valence electrons. The van der Waals surface area contributed by atoms with Crippen LogP contribution in [0.1, 0.15) is 24.0 Å². The Balaban J connectivity index is 2.52. The van der Waals surface area contributed by atoms with Gasteiger partial charge in [-0.1, -0.05) is 11.6 Å². The van der Waals surface area contributed by atoms with Crippen LogP contribution in [0.25, 0.3) is 0 Å². The second-order valence-corrected chi connectivity index (χ2v) is 3.52. The van der Waals surface area contributed by atoms with Gasteiger partial charge in [0.25, 0.3) is 0 Å². The fourth-order valence-electron chi connectivity index (χ4n) is 1.74. The van der Waals surface area contributed by atoms with E-state index in [2.05, 4.69) is 10.2 Å².